The fourth-order valence-corrected chi connectivity index (χ4v) is 3.72. The minimum Gasteiger partial charge on any atom is -0.303 e. The van der Waals surface area contributed by atoms with E-state index in [4.69, 9.17) is 4.98 Å². The third kappa shape index (κ3) is 3.16. The van der Waals surface area contributed by atoms with Gasteiger partial charge < -0.3 is 4.90 Å². The molecule has 3 aromatic rings. The van der Waals surface area contributed by atoms with Crippen LogP contribution in [0.1, 0.15) is 17.4 Å². The Balaban J connectivity index is 1.70. The summed E-state index contributed by atoms with van der Waals surface area (Å²) < 4.78 is 1.70. The van der Waals surface area contributed by atoms with Crippen LogP contribution in [0.2, 0.25) is 0 Å². The molecule has 0 amide bonds. The number of hydrogen-bond donors (Lipinski definition) is 0. The van der Waals surface area contributed by atoms with E-state index in [1.54, 1.807) is 4.57 Å². The molecule has 26 heavy (non-hydrogen) atoms. The predicted molar refractivity (Wildman–Crippen MR) is 104 cm³/mol. The molecule has 134 valence electrons. The van der Waals surface area contributed by atoms with Crippen LogP contribution in [0.4, 0.5) is 0 Å². The molecule has 5 nitrogen and oxygen atoms in total. The first kappa shape index (κ1) is 16.9. The van der Waals surface area contributed by atoms with Gasteiger partial charge in [-0.25, -0.2) is 4.98 Å². The van der Waals surface area contributed by atoms with Crippen LogP contribution in [0.3, 0.4) is 0 Å². The van der Waals surface area contributed by atoms with Crippen molar-refractivity contribution in [3.05, 3.63) is 76.3 Å². The standard InChI is InChI=1S/C21H24N4O/c1-23-12-13-25(19(14-23)16-8-4-3-5-9-16)15-20-22-18-11-7-6-10-17(18)21(26)24(20)2/h3-11,19H,12-15H2,1-2H3/t19-/m0/s1. The van der Waals surface area contributed by atoms with Crippen molar-refractivity contribution in [3.8, 4) is 0 Å². The summed E-state index contributed by atoms with van der Waals surface area (Å²) in [5.74, 6) is 0.819. The van der Waals surface area contributed by atoms with Crippen LogP contribution in [0, 0.1) is 0 Å². The van der Waals surface area contributed by atoms with Crippen molar-refractivity contribution in [3.63, 3.8) is 0 Å². The van der Waals surface area contributed by atoms with E-state index in [0.717, 1.165) is 31.0 Å². The summed E-state index contributed by atoms with van der Waals surface area (Å²) in [6, 6.07) is 18.5. The van der Waals surface area contributed by atoms with Gasteiger partial charge in [0.15, 0.2) is 0 Å². The molecule has 0 radical (unpaired) electrons. The van der Waals surface area contributed by atoms with Gasteiger partial charge in [0.2, 0.25) is 0 Å². The van der Waals surface area contributed by atoms with Crippen molar-refractivity contribution in [2.24, 2.45) is 7.05 Å². The molecule has 0 N–H and O–H groups in total. The maximum Gasteiger partial charge on any atom is 0.261 e. The zero-order valence-corrected chi connectivity index (χ0v) is 15.3. The normalized spacial score (nSPS) is 19.1. The van der Waals surface area contributed by atoms with E-state index in [1.807, 2.05) is 31.3 Å². The van der Waals surface area contributed by atoms with Gasteiger partial charge in [0, 0.05) is 32.7 Å². The topological polar surface area (TPSA) is 41.4 Å². The van der Waals surface area contributed by atoms with Gasteiger partial charge >= 0.3 is 0 Å². The van der Waals surface area contributed by atoms with Gasteiger partial charge in [-0.1, -0.05) is 42.5 Å². The second kappa shape index (κ2) is 7.02. The summed E-state index contributed by atoms with van der Waals surface area (Å²) in [5.41, 5.74) is 2.11. The van der Waals surface area contributed by atoms with E-state index in [2.05, 4.69) is 47.2 Å². The second-order valence-corrected chi connectivity index (χ2v) is 7.07. The maximum absolute atomic E-state index is 12.7. The molecule has 2 aromatic carbocycles. The highest BCUT2D eigenvalue weighted by molar-refractivity contribution is 5.77. The Hall–Kier alpha value is -2.50. The molecule has 0 unspecified atom stereocenters. The summed E-state index contributed by atoms with van der Waals surface area (Å²) in [7, 11) is 3.99. The summed E-state index contributed by atoms with van der Waals surface area (Å²) in [4.78, 5) is 22.3. The first-order valence-electron chi connectivity index (χ1n) is 9.05. The van der Waals surface area contributed by atoms with Gasteiger partial charge in [0.1, 0.15) is 5.82 Å². The molecular weight excluding hydrogens is 324 g/mol. The van der Waals surface area contributed by atoms with Crippen molar-refractivity contribution in [2.45, 2.75) is 12.6 Å². The van der Waals surface area contributed by atoms with Gasteiger partial charge in [-0.3, -0.25) is 14.3 Å². The zero-order chi connectivity index (χ0) is 18.1. The number of benzene rings is 2. The van der Waals surface area contributed by atoms with Crippen molar-refractivity contribution in [1.29, 1.82) is 0 Å². The molecule has 5 heteroatoms. The Kier molecular flexibility index (Phi) is 4.57. The fourth-order valence-electron chi connectivity index (χ4n) is 3.72. The largest absolute Gasteiger partial charge is 0.303 e. The molecule has 1 aliphatic rings. The first-order chi connectivity index (χ1) is 12.6. The molecule has 0 saturated carbocycles. The average Bonchev–Trinajstić information content (AvgIpc) is 2.68. The minimum atomic E-state index is 0.0241. The zero-order valence-electron chi connectivity index (χ0n) is 15.3. The number of hydrogen-bond acceptors (Lipinski definition) is 4. The summed E-state index contributed by atoms with van der Waals surface area (Å²) >= 11 is 0. The van der Waals surface area contributed by atoms with E-state index in [-0.39, 0.29) is 5.56 Å². The highest BCUT2D eigenvalue weighted by Crippen LogP contribution is 2.26. The number of rotatable bonds is 3. The number of likely N-dealkylation sites (N-methyl/N-ethyl adjacent to an activating group) is 1. The van der Waals surface area contributed by atoms with Crippen LogP contribution in [0.5, 0.6) is 0 Å². The molecule has 1 aliphatic heterocycles. The van der Waals surface area contributed by atoms with Gasteiger partial charge in [-0.2, -0.15) is 0 Å². The smallest absolute Gasteiger partial charge is 0.261 e. The summed E-state index contributed by atoms with van der Waals surface area (Å²) in [5, 5.41) is 0.678. The molecule has 2 heterocycles. The lowest BCUT2D eigenvalue weighted by Gasteiger charge is -2.40. The van der Waals surface area contributed by atoms with Gasteiger partial charge in [-0.15, -0.1) is 0 Å². The Morgan fingerprint density at radius 2 is 1.73 bits per heavy atom. The lowest BCUT2D eigenvalue weighted by molar-refractivity contribution is 0.0800. The van der Waals surface area contributed by atoms with Crippen molar-refractivity contribution in [1.82, 2.24) is 19.4 Å². The second-order valence-electron chi connectivity index (χ2n) is 7.07. The number of para-hydroxylation sites is 1. The van der Waals surface area contributed by atoms with Crippen LogP contribution >= 0.6 is 0 Å². The molecular formula is C21H24N4O. The lowest BCUT2D eigenvalue weighted by atomic mass is 10.0. The predicted octanol–water partition coefficient (Wildman–Crippen LogP) is 2.42. The Bertz CT molecular complexity index is 967. The summed E-state index contributed by atoms with van der Waals surface area (Å²) in [6.07, 6.45) is 0. The quantitative estimate of drug-likeness (QED) is 0.729. The van der Waals surface area contributed by atoms with E-state index in [1.165, 1.54) is 5.56 Å². The highest BCUT2D eigenvalue weighted by atomic mass is 16.1. The molecule has 1 aromatic heterocycles. The number of fused-ring (bicyclic) bond motifs is 1. The molecule has 1 atom stereocenters. The van der Waals surface area contributed by atoms with Crippen LogP contribution in [-0.4, -0.2) is 46.0 Å². The molecule has 0 aliphatic carbocycles. The van der Waals surface area contributed by atoms with E-state index < -0.39 is 0 Å². The maximum atomic E-state index is 12.7. The Morgan fingerprint density at radius 1 is 1.00 bits per heavy atom. The first-order valence-corrected chi connectivity index (χ1v) is 9.05. The van der Waals surface area contributed by atoms with Gasteiger partial charge in [0.05, 0.1) is 17.4 Å². The number of aromatic nitrogens is 2. The van der Waals surface area contributed by atoms with Gasteiger partial charge in [0.25, 0.3) is 5.56 Å². The van der Waals surface area contributed by atoms with Crippen LogP contribution in [0.15, 0.2) is 59.4 Å². The minimum absolute atomic E-state index is 0.0241. The lowest BCUT2D eigenvalue weighted by Crippen LogP contribution is -2.47. The SMILES string of the molecule is CN1CCN(Cc2nc3ccccc3c(=O)n2C)[C@H](c2ccccc2)C1. The van der Waals surface area contributed by atoms with Crippen LogP contribution in [-0.2, 0) is 13.6 Å². The average molecular weight is 348 g/mol. The van der Waals surface area contributed by atoms with Crippen LogP contribution in [0.25, 0.3) is 10.9 Å². The van der Waals surface area contributed by atoms with Crippen LogP contribution < -0.4 is 5.56 Å². The molecule has 0 bridgehead atoms. The summed E-state index contributed by atoms with van der Waals surface area (Å²) in [6.45, 7) is 3.62. The van der Waals surface area contributed by atoms with E-state index >= 15 is 0 Å². The fraction of sp³-hybridized carbons (Fsp3) is 0.333. The van der Waals surface area contributed by atoms with Gasteiger partial charge in [-0.05, 0) is 24.7 Å². The molecule has 1 fully saturated rings. The highest BCUT2D eigenvalue weighted by Gasteiger charge is 2.27. The molecule has 0 spiro atoms. The van der Waals surface area contributed by atoms with E-state index in [9.17, 15) is 4.79 Å². The van der Waals surface area contributed by atoms with Crippen molar-refractivity contribution < 1.29 is 0 Å². The van der Waals surface area contributed by atoms with E-state index in [0.29, 0.717) is 18.0 Å². The number of piperazine rings is 1. The molecule has 4 rings (SSSR count). The Labute approximate surface area is 153 Å². The third-order valence-corrected chi connectivity index (χ3v) is 5.30. The Morgan fingerprint density at radius 3 is 2.54 bits per heavy atom. The molecule has 1 saturated heterocycles. The number of nitrogens with zero attached hydrogens (tertiary/aromatic N) is 4. The third-order valence-electron chi connectivity index (χ3n) is 5.30. The van der Waals surface area contributed by atoms with Crippen molar-refractivity contribution >= 4 is 10.9 Å². The van der Waals surface area contributed by atoms with Crippen molar-refractivity contribution in [2.75, 3.05) is 26.7 Å². The monoisotopic (exact) mass is 348 g/mol.